The van der Waals surface area contributed by atoms with Gasteiger partial charge >= 0.3 is 12.1 Å². The summed E-state index contributed by atoms with van der Waals surface area (Å²) in [6.45, 7) is -0.125. The van der Waals surface area contributed by atoms with Gasteiger partial charge in [0.25, 0.3) is 5.91 Å². The average molecular weight is 409 g/mol. The molecule has 0 bridgehead atoms. The summed E-state index contributed by atoms with van der Waals surface area (Å²) >= 11 is 3.00. The molecule has 24 heavy (non-hydrogen) atoms. The number of benzene rings is 1. The lowest BCUT2D eigenvalue weighted by Crippen LogP contribution is -2.45. The van der Waals surface area contributed by atoms with Gasteiger partial charge < -0.3 is 15.7 Å². The number of hydrogen-bond donors (Lipinski definition) is 2. The molecule has 1 aliphatic heterocycles. The van der Waals surface area contributed by atoms with Gasteiger partial charge in [0.05, 0.1) is 5.56 Å². The quantitative estimate of drug-likeness (QED) is 0.778. The van der Waals surface area contributed by atoms with Crippen LogP contribution in [0.15, 0.2) is 16.6 Å². The molecule has 0 saturated heterocycles. The fourth-order valence-corrected chi connectivity index (χ4v) is 3.10. The number of amides is 2. The minimum Gasteiger partial charge on any atom is -0.481 e. The number of carbonyl (C=O) groups excluding carboxylic acids is 2. The van der Waals surface area contributed by atoms with Crippen LogP contribution < -0.4 is 5.73 Å². The smallest absolute Gasteiger partial charge is 0.416 e. The summed E-state index contributed by atoms with van der Waals surface area (Å²) in [5.41, 5.74) is 4.34. The first-order chi connectivity index (χ1) is 11.0. The van der Waals surface area contributed by atoms with E-state index in [-0.39, 0.29) is 23.0 Å². The number of carboxylic acid groups (broad SMARTS) is 1. The molecule has 2 amide bonds. The largest absolute Gasteiger partial charge is 0.481 e. The number of alkyl halides is 3. The molecule has 3 N–H and O–H groups in total. The minimum atomic E-state index is -4.63. The number of hydrogen-bond acceptors (Lipinski definition) is 3. The highest BCUT2D eigenvalue weighted by molar-refractivity contribution is 9.10. The van der Waals surface area contributed by atoms with Crippen molar-refractivity contribution in [3.8, 4) is 0 Å². The van der Waals surface area contributed by atoms with Crippen LogP contribution in [0.4, 0.5) is 13.2 Å². The van der Waals surface area contributed by atoms with Crippen LogP contribution in [-0.4, -0.2) is 33.8 Å². The molecule has 0 fully saturated rings. The van der Waals surface area contributed by atoms with Crippen molar-refractivity contribution in [3.63, 3.8) is 0 Å². The zero-order valence-corrected chi connectivity index (χ0v) is 13.6. The van der Waals surface area contributed by atoms with Gasteiger partial charge in [0.1, 0.15) is 6.04 Å². The Morgan fingerprint density at radius 3 is 2.50 bits per heavy atom. The number of nitrogens with zero attached hydrogens (tertiary/aromatic N) is 1. The predicted molar refractivity (Wildman–Crippen MR) is 78.9 cm³/mol. The van der Waals surface area contributed by atoms with Gasteiger partial charge in [0.15, 0.2) is 0 Å². The molecule has 0 spiro atoms. The Morgan fingerprint density at radius 1 is 1.38 bits per heavy atom. The Bertz CT molecular complexity index is 721. The third-order valence-electron chi connectivity index (χ3n) is 3.68. The van der Waals surface area contributed by atoms with E-state index in [4.69, 9.17) is 10.8 Å². The van der Waals surface area contributed by atoms with E-state index in [0.29, 0.717) is 5.56 Å². The van der Waals surface area contributed by atoms with E-state index in [0.717, 1.165) is 17.0 Å². The van der Waals surface area contributed by atoms with Gasteiger partial charge in [-0.1, -0.05) is 15.9 Å². The van der Waals surface area contributed by atoms with Crippen molar-refractivity contribution in [1.29, 1.82) is 0 Å². The molecule has 0 aliphatic carbocycles. The molecule has 1 atom stereocenters. The van der Waals surface area contributed by atoms with Crippen molar-refractivity contribution in [2.75, 3.05) is 0 Å². The fraction of sp³-hybridized carbons (Fsp3) is 0.357. The van der Waals surface area contributed by atoms with Gasteiger partial charge in [-0.3, -0.25) is 14.4 Å². The number of halogens is 4. The Hall–Kier alpha value is -2.10. The lowest BCUT2D eigenvalue weighted by Gasteiger charge is -2.24. The topological polar surface area (TPSA) is 101 Å². The summed E-state index contributed by atoms with van der Waals surface area (Å²) in [5, 5.41) is 8.71. The summed E-state index contributed by atoms with van der Waals surface area (Å²) < 4.78 is 38.7. The first-order valence-corrected chi connectivity index (χ1v) is 7.53. The van der Waals surface area contributed by atoms with Gasteiger partial charge in [-0.25, -0.2) is 0 Å². The molecular formula is C14H12BrF3N2O4. The predicted octanol–water partition coefficient (Wildman–Crippen LogP) is 2.14. The molecular weight excluding hydrogens is 397 g/mol. The van der Waals surface area contributed by atoms with E-state index in [9.17, 15) is 27.6 Å². The zero-order chi connectivity index (χ0) is 18.2. The molecule has 10 heteroatoms. The van der Waals surface area contributed by atoms with Gasteiger partial charge in [-0.05, 0) is 24.1 Å². The van der Waals surface area contributed by atoms with Gasteiger partial charge in [-0.15, -0.1) is 0 Å². The van der Waals surface area contributed by atoms with Crippen LogP contribution in [0.1, 0.15) is 34.3 Å². The highest BCUT2D eigenvalue weighted by atomic mass is 79.9. The highest BCUT2D eigenvalue weighted by Gasteiger charge is 2.39. The average Bonchev–Trinajstić information content (AvgIpc) is 2.76. The van der Waals surface area contributed by atoms with Crippen LogP contribution in [0, 0.1) is 0 Å². The molecule has 6 nitrogen and oxygen atoms in total. The Morgan fingerprint density at radius 2 is 2.00 bits per heavy atom. The maximum absolute atomic E-state index is 12.9. The van der Waals surface area contributed by atoms with Crippen molar-refractivity contribution in [2.24, 2.45) is 5.73 Å². The normalized spacial score (nSPS) is 15.3. The zero-order valence-electron chi connectivity index (χ0n) is 12.1. The van der Waals surface area contributed by atoms with Crippen molar-refractivity contribution in [2.45, 2.75) is 31.6 Å². The second-order valence-electron chi connectivity index (χ2n) is 5.27. The molecule has 1 aliphatic rings. The van der Waals surface area contributed by atoms with Crippen LogP contribution >= 0.6 is 15.9 Å². The molecule has 1 aromatic rings. The third kappa shape index (κ3) is 3.53. The van der Waals surface area contributed by atoms with Crippen LogP contribution in [0.2, 0.25) is 0 Å². The van der Waals surface area contributed by atoms with E-state index in [1.165, 1.54) is 0 Å². The number of carboxylic acids is 1. The van der Waals surface area contributed by atoms with Crippen LogP contribution in [-0.2, 0) is 22.3 Å². The number of primary amides is 1. The van der Waals surface area contributed by atoms with Crippen molar-refractivity contribution < 1.29 is 32.7 Å². The Kier molecular flexibility index (Phi) is 4.88. The Balaban J connectivity index is 2.37. The molecule has 0 radical (unpaired) electrons. The molecule has 2 rings (SSSR count). The summed E-state index contributed by atoms with van der Waals surface area (Å²) in [6.07, 6.45) is -5.24. The van der Waals surface area contributed by atoms with E-state index < -0.39 is 42.0 Å². The number of rotatable bonds is 5. The number of aliphatic carboxylic acids is 1. The minimum absolute atomic E-state index is 0.0876. The van der Waals surface area contributed by atoms with Crippen molar-refractivity contribution in [3.05, 3.63) is 33.3 Å². The van der Waals surface area contributed by atoms with Crippen LogP contribution in [0.5, 0.6) is 0 Å². The summed E-state index contributed by atoms with van der Waals surface area (Å²) in [5.74, 6) is -2.87. The van der Waals surface area contributed by atoms with Gasteiger partial charge in [0.2, 0.25) is 5.91 Å². The third-order valence-corrected chi connectivity index (χ3v) is 4.39. The maximum atomic E-state index is 12.9. The van der Waals surface area contributed by atoms with E-state index in [1.807, 2.05) is 0 Å². The Labute approximate surface area is 142 Å². The first kappa shape index (κ1) is 18.2. The molecule has 1 aromatic carbocycles. The lowest BCUT2D eigenvalue weighted by molar-refractivity contribution is -0.138. The van der Waals surface area contributed by atoms with E-state index >= 15 is 0 Å². The molecule has 0 aromatic heterocycles. The van der Waals surface area contributed by atoms with Crippen molar-refractivity contribution in [1.82, 2.24) is 4.90 Å². The number of fused-ring (bicyclic) bond motifs is 1. The molecule has 0 saturated carbocycles. The first-order valence-electron chi connectivity index (χ1n) is 6.74. The second kappa shape index (κ2) is 6.42. The lowest BCUT2D eigenvalue weighted by atomic mass is 10.1. The van der Waals surface area contributed by atoms with Gasteiger partial charge in [0, 0.05) is 23.0 Å². The monoisotopic (exact) mass is 408 g/mol. The van der Waals surface area contributed by atoms with E-state index in [2.05, 4.69) is 15.9 Å². The van der Waals surface area contributed by atoms with Crippen LogP contribution in [0.3, 0.4) is 0 Å². The summed E-state index contributed by atoms with van der Waals surface area (Å²) in [4.78, 5) is 35.6. The maximum Gasteiger partial charge on any atom is 0.416 e. The number of nitrogens with two attached hydrogens (primary N) is 1. The number of carbonyl (C=O) groups is 3. The standard InChI is InChI=1S/C14H12BrF3N2O4/c15-9-4-6(14(16,17)18)3-7-8(9)5-20(13(7)24)10(12(19)23)1-2-11(21)22/h3-4,10H,1-2,5H2,(H2,19,23)(H,21,22). The second-order valence-corrected chi connectivity index (χ2v) is 6.12. The fourth-order valence-electron chi connectivity index (χ4n) is 2.51. The van der Waals surface area contributed by atoms with Crippen molar-refractivity contribution >= 4 is 33.7 Å². The SMILES string of the molecule is NC(=O)C(CCC(=O)O)N1Cc2c(Br)cc(C(F)(F)F)cc2C1=O. The highest BCUT2D eigenvalue weighted by Crippen LogP contribution is 2.38. The molecule has 1 heterocycles. The molecule has 130 valence electrons. The van der Waals surface area contributed by atoms with Gasteiger partial charge in [-0.2, -0.15) is 13.2 Å². The van der Waals surface area contributed by atoms with Crippen LogP contribution in [0.25, 0.3) is 0 Å². The van der Waals surface area contributed by atoms with E-state index in [1.54, 1.807) is 0 Å². The summed E-state index contributed by atoms with van der Waals surface area (Å²) in [7, 11) is 0. The molecule has 1 unspecified atom stereocenters. The summed E-state index contributed by atoms with van der Waals surface area (Å²) in [6, 6.07) is 0.367.